The van der Waals surface area contributed by atoms with Crippen molar-refractivity contribution in [1.29, 1.82) is 0 Å². The third kappa shape index (κ3) is 9.26. The number of likely N-dealkylation sites (N-methyl/N-ethyl adjacent to an activating group) is 2. The molecule has 2 amide bonds. The summed E-state index contributed by atoms with van der Waals surface area (Å²) in [5, 5.41) is 9.24. The summed E-state index contributed by atoms with van der Waals surface area (Å²) in [6.07, 6.45) is 2.19. The van der Waals surface area contributed by atoms with Gasteiger partial charge in [-0.05, 0) is 88.3 Å². The van der Waals surface area contributed by atoms with Crippen molar-refractivity contribution in [2.24, 2.45) is 0 Å². The highest BCUT2D eigenvalue weighted by Gasteiger charge is 2.22. The number of benzene rings is 3. The Morgan fingerprint density at radius 3 is 2.57 bits per heavy atom. The van der Waals surface area contributed by atoms with Gasteiger partial charge in [0.25, 0.3) is 11.8 Å². The van der Waals surface area contributed by atoms with Crippen molar-refractivity contribution in [3.8, 4) is 11.5 Å². The number of aromatic nitrogens is 2. The Bertz CT molecular complexity index is 1880. The smallest absolute Gasteiger partial charge is 0.259 e. The predicted octanol–water partition coefficient (Wildman–Crippen LogP) is 4.55. The lowest BCUT2D eigenvalue weighted by atomic mass is 10.1. The number of carbonyl (C=O) groups excluding carboxylic acids is 3. The summed E-state index contributed by atoms with van der Waals surface area (Å²) in [6, 6.07) is 16.0. The average molecular weight is 697 g/mol. The second-order valence-electron chi connectivity index (χ2n) is 12.7. The van der Waals surface area contributed by atoms with Crippen LogP contribution in [0.25, 0.3) is 11.0 Å². The molecule has 1 saturated heterocycles. The molecule has 51 heavy (non-hydrogen) atoms. The molecule has 0 radical (unpaired) electrons. The van der Waals surface area contributed by atoms with Crippen LogP contribution < -0.4 is 30.3 Å². The van der Waals surface area contributed by atoms with Gasteiger partial charge in [0.05, 0.1) is 41.9 Å². The van der Waals surface area contributed by atoms with Crippen LogP contribution >= 0.6 is 0 Å². The molecule has 0 spiro atoms. The van der Waals surface area contributed by atoms with Crippen LogP contribution in [0.5, 0.6) is 11.5 Å². The van der Waals surface area contributed by atoms with Gasteiger partial charge in [0.1, 0.15) is 23.0 Å². The minimum atomic E-state index is -0.395. The van der Waals surface area contributed by atoms with Crippen molar-refractivity contribution >= 4 is 46.1 Å². The standard InChI is InChI=1S/C38H48N8O5/c1-26-12-15-32(34(23-26)51-22-7-6-9-28(25-47)46-20-18-44(3)19-21-46)45(4)37(49)27-13-14-29(33(24-27)50-5)36(48)41-30-10-8-11-31-35(30)43-38(42-31)40-17-16-39-2/h8,10-15,23-24,39H,6-7,9,16-22H2,1-5H3,(H,41,48)(H2,40,42,43). The minimum Gasteiger partial charge on any atom is -0.496 e. The Morgan fingerprint density at radius 2 is 1.82 bits per heavy atom. The van der Waals surface area contributed by atoms with E-state index in [-0.39, 0.29) is 17.2 Å². The molecule has 1 fully saturated rings. The van der Waals surface area contributed by atoms with Crippen molar-refractivity contribution in [2.75, 3.05) is 89.7 Å². The molecule has 0 saturated carbocycles. The number of hydrogen-bond donors (Lipinski definition) is 4. The van der Waals surface area contributed by atoms with Gasteiger partial charge in [0, 0.05) is 51.9 Å². The number of nitrogens with one attached hydrogen (secondary N) is 4. The number of hydrogen-bond acceptors (Lipinski definition) is 10. The van der Waals surface area contributed by atoms with E-state index in [0.29, 0.717) is 53.7 Å². The van der Waals surface area contributed by atoms with E-state index in [4.69, 9.17) is 9.47 Å². The van der Waals surface area contributed by atoms with Gasteiger partial charge < -0.3 is 45.1 Å². The molecule has 4 N–H and O–H groups in total. The van der Waals surface area contributed by atoms with E-state index >= 15 is 0 Å². The summed E-state index contributed by atoms with van der Waals surface area (Å²) >= 11 is 0. The lowest BCUT2D eigenvalue weighted by Crippen LogP contribution is -2.44. The number of carbonyl (C=O) groups is 2. The van der Waals surface area contributed by atoms with Crippen LogP contribution in [0.3, 0.4) is 0 Å². The van der Waals surface area contributed by atoms with Crippen LogP contribution in [-0.2, 0) is 4.79 Å². The largest absolute Gasteiger partial charge is 0.496 e. The van der Waals surface area contributed by atoms with Crippen LogP contribution in [0.1, 0.15) is 45.5 Å². The number of nitrogens with zero attached hydrogens (tertiary/aromatic N) is 4. The zero-order chi connectivity index (χ0) is 36.3. The predicted molar refractivity (Wildman–Crippen MR) is 201 cm³/mol. The third-order valence-electron chi connectivity index (χ3n) is 8.97. The second kappa shape index (κ2) is 17.5. The van der Waals surface area contributed by atoms with Crippen LogP contribution in [0, 0.1) is 6.92 Å². The quantitative estimate of drug-likeness (QED) is 0.0973. The van der Waals surface area contributed by atoms with E-state index < -0.39 is 5.91 Å². The first kappa shape index (κ1) is 36.9. The number of H-pyrrole nitrogens is 1. The average Bonchev–Trinajstić information content (AvgIpc) is 3.57. The van der Waals surface area contributed by atoms with Crippen molar-refractivity contribution < 1.29 is 23.9 Å². The van der Waals surface area contributed by atoms with Crippen LogP contribution in [0.2, 0.25) is 0 Å². The zero-order valence-corrected chi connectivity index (χ0v) is 30.1. The van der Waals surface area contributed by atoms with Gasteiger partial charge in [-0.15, -0.1) is 0 Å². The summed E-state index contributed by atoms with van der Waals surface area (Å²) in [6.45, 7) is 7.41. The number of aromatic amines is 1. The lowest BCUT2D eigenvalue weighted by molar-refractivity contribution is 0.0987. The van der Waals surface area contributed by atoms with Gasteiger partial charge >= 0.3 is 0 Å². The number of anilines is 3. The van der Waals surface area contributed by atoms with Crippen LogP contribution in [-0.4, -0.2) is 112 Å². The van der Waals surface area contributed by atoms with E-state index in [2.05, 4.69) is 48.7 Å². The molecule has 13 nitrogen and oxygen atoms in total. The highest BCUT2D eigenvalue weighted by Crippen LogP contribution is 2.32. The summed E-state index contributed by atoms with van der Waals surface area (Å²) < 4.78 is 11.8. The van der Waals surface area contributed by atoms with Crippen molar-refractivity contribution in [3.05, 3.63) is 77.0 Å². The molecule has 0 unspecified atom stereocenters. The molecule has 0 aliphatic carbocycles. The van der Waals surface area contributed by atoms with Gasteiger partial charge in [-0.2, -0.15) is 0 Å². The molecule has 3 aromatic carbocycles. The Labute approximate surface area is 299 Å². The van der Waals surface area contributed by atoms with E-state index in [1.54, 1.807) is 31.3 Å². The Balaban J connectivity index is 1.22. The summed E-state index contributed by atoms with van der Waals surface area (Å²) in [5.41, 5.74) is 4.90. The number of aryl methyl sites for hydroxylation is 1. The maximum Gasteiger partial charge on any atom is 0.259 e. The maximum absolute atomic E-state index is 13.8. The third-order valence-corrected chi connectivity index (χ3v) is 8.97. The van der Waals surface area contributed by atoms with Crippen molar-refractivity contribution in [3.63, 3.8) is 0 Å². The highest BCUT2D eigenvalue weighted by atomic mass is 16.5. The highest BCUT2D eigenvalue weighted by molar-refractivity contribution is 6.11. The first-order valence-corrected chi connectivity index (χ1v) is 17.3. The molecule has 2 heterocycles. The number of ether oxygens (including phenoxy) is 2. The van der Waals surface area contributed by atoms with Crippen molar-refractivity contribution in [2.45, 2.75) is 26.2 Å². The summed E-state index contributed by atoms with van der Waals surface area (Å²) in [7, 11) is 7.12. The number of amides is 2. The van der Waals surface area contributed by atoms with Gasteiger partial charge in [-0.3, -0.25) is 9.59 Å². The molecule has 0 atom stereocenters. The molecule has 1 aromatic heterocycles. The molecule has 1 aliphatic rings. The lowest BCUT2D eigenvalue weighted by Gasteiger charge is -2.34. The Kier molecular flexibility index (Phi) is 12.7. The number of imidazole rings is 1. The van der Waals surface area contributed by atoms with Gasteiger partial charge in [-0.25, -0.2) is 9.78 Å². The Hall–Kier alpha value is -5.36. The molecular formula is C38H48N8O5. The maximum atomic E-state index is 13.8. The normalized spacial score (nSPS) is 13.1. The molecule has 5 rings (SSSR count). The second-order valence-corrected chi connectivity index (χ2v) is 12.7. The van der Waals surface area contributed by atoms with Gasteiger partial charge in [-0.1, -0.05) is 12.1 Å². The minimum absolute atomic E-state index is 0.260. The zero-order valence-electron chi connectivity index (χ0n) is 30.1. The molecule has 1 aliphatic heterocycles. The molecule has 13 heteroatoms. The number of piperazine rings is 1. The fourth-order valence-electron chi connectivity index (χ4n) is 5.97. The Morgan fingerprint density at radius 1 is 1.02 bits per heavy atom. The molecule has 270 valence electrons. The number of unbranched alkanes of at least 4 members (excludes halogenated alkanes) is 1. The monoisotopic (exact) mass is 696 g/mol. The summed E-state index contributed by atoms with van der Waals surface area (Å²) in [5.74, 6) is 2.92. The fourth-order valence-corrected chi connectivity index (χ4v) is 5.97. The van der Waals surface area contributed by atoms with Crippen molar-refractivity contribution in [1.82, 2.24) is 25.1 Å². The number of para-hydroxylation sites is 1. The number of allylic oxidation sites excluding steroid dienone is 1. The van der Waals surface area contributed by atoms with Gasteiger partial charge in [0.15, 0.2) is 0 Å². The van der Waals surface area contributed by atoms with E-state index in [0.717, 1.165) is 62.3 Å². The number of fused-ring (bicyclic) bond motifs is 1. The first-order chi connectivity index (χ1) is 24.7. The van der Waals surface area contributed by atoms with Gasteiger partial charge in [0.2, 0.25) is 5.95 Å². The fraction of sp³-hybridized carbons (Fsp3) is 0.395. The topological polar surface area (TPSA) is 144 Å². The van der Waals surface area contributed by atoms with Crippen LogP contribution in [0.15, 0.2) is 60.3 Å². The SMILES string of the molecule is CNCCNc1nc2c(NC(=O)c3ccc(C(=O)N(C)c4ccc(C)cc4OCCCCC(=C=O)N4CCN(C)CC4)cc3OC)cccc2[nH]1. The molecular weight excluding hydrogens is 648 g/mol. The van der Waals surface area contributed by atoms with E-state index in [1.807, 2.05) is 44.3 Å². The molecule has 0 bridgehead atoms. The van der Waals surface area contributed by atoms with Crippen LogP contribution in [0.4, 0.5) is 17.3 Å². The number of rotatable bonds is 16. The summed E-state index contributed by atoms with van der Waals surface area (Å²) in [4.78, 5) is 52.6. The van der Waals surface area contributed by atoms with E-state index in [1.165, 1.54) is 12.0 Å². The van der Waals surface area contributed by atoms with E-state index in [9.17, 15) is 14.4 Å². The number of methoxy groups -OCH3 is 1. The first-order valence-electron chi connectivity index (χ1n) is 17.3. The molecule has 4 aromatic rings.